The van der Waals surface area contributed by atoms with Crippen molar-refractivity contribution in [3.8, 4) is 16.9 Å². The number of benzene rings is 3. The van der Waals surface area contributed by atoms with E-state index in [0.29, 0.717) is 5.75 Å². The molecule has 0 unspecified atom stereocenters. The largest absolute Gasteiger partial charge is 0.484 e. The number of amides is 1. The van der Waals surface area contributed by atoms with Crippen molar-refractivity contribution in [2.24, 2.45) is 0 Å². The van der Waals surface area contributed by atoms with Crippen molar-refractivity contribution in [1.82, 2.24) is 0 Å². The minimum atomic E-state index is -1.02. The topological polar surface area (TPSA) is 38.3 Å². The average Bonchev–Trinajstić information content (AvgIpc) is 2.64. The molecule has 1 amide bonds. The second kappa shape index (κ2) is 7.57. The molecule has 0 atom stereocenters. The first-order chi connectivity index (χ1) is 12.1. The number of hydrogen-bond acceptors (Lipinski definition) is 2. The van der Waals surface area contributed by atoms with Crippen LogP contribution in [-0.2, 0) is 4.79 Å². The van der Waals surface area contributed by atoms with Crippen molar-refractivity contribution in [3.63, 3.8) is 0 Å². The zero-order valence-electron chi connectivity index (χ0n) is 13.2. The monoisotopic (exact) mass is 339 g/mol. The van der Waals surface area contributed by atoms with Gasteiger partial charge < -0.3 is 10.1 Å². The number of nitrogens with one attached hydrogen (secondary N) is 1. The molecule has 0 bridgehead atoms. The molecular weight excluding hydrogens is 324 g/mol. The van der Waals surface area contributed by atoms with E-state index in [1.807, 2.05) is 42.5 Å². The number of halogens is 2. The van der Waals surface area contributed by atoms with Crippen LogP contribution in [0.2, 0.25) is 0 Å². The fourth-order valence-electron chi connectivity index (χ4n) is 2.29. The van der Waals surface area contributed by atoms with E-state index >= 15 is 0 Å². The molecule has 0 aliphatic rings. The number of ether oxygens (including phenoxy) is 1. The summed E-state index contributed by atoms with van der Waals surface area (Å²) in [4.78, 5) is 11.8. The van der Waals surface area contributed by atoms with Crippen LogP contribution in [0.3, 0.4) is 0 Å². The maximum absolute atomic E-state index is 13.1. The van der Waals surface area contributed by atoms with Gasteiger partial charge in [0.05, 0.1) is 0 Å². The Bertz CT molecular complexity index is 865. The molecule has 25 heavy (non-hydrogen) atoms. The van der Waals surface area contributed by atoms with Crippen LogP contribution in [0.15, 0.2) is 72.8 Å². The molecule has 0 saturated heterocycles. The van der Waals surface area contributed by atoms with Crippen LogP contribution in [0.4, 0.5) is 14.5 Å². The van der Waals surface area contributed by atoms with Crippen LogP contribution in [0.1, 0.15) is 0 Å². The van der Waals surface area contributed by atoms with Crippen molar-refractivity contribution in [3.05, 3.63) is 84.4 Å². The van der Waals surface area contributed by atoms with Gasteiger partial charge in [0.2, 0.25) is 0 Å². The first kappa shape index (κ1) is 16.6. The Morgan fingerprint density at radius 2 is 1.52 bits per heavy atom. The Hall–Kier alpha value is -3.21. The van der Waals surface area contributed by atoms with E-state index in [2.05, 4.69) is 5.32 Å². The molecule has 5 heteroatoms. The molecule has 3 nitrogen and oxygen atoms in total. The summed E-state index contributed by atoms with van der Waals surface area (Å²) < 4.78 is 31.4. The smallest absolute Gasteiger partial charge is 0.262 e. The van der Waals surface area contributed by atoms with Gasteiger partial charge in [0, 0.05) is 11.8 Å². The van der Waals surface area contributed by atoms with Crippen LogP contribution >= 0.6 is 0 Å². The predicted molar refractivity (Wildman–Crippen MR) is 92.4 cm³/mol. The van der Waals surface area contributed by atoms with Gasteiger partial charge in [-0.15, -0.1) is 0 Å². The van der Waals surface area contributed by atoms with Crippen LogP contribution in [0, 0.1) is 11.6 Å². The molecule has 0 saturated carbocycles. The van der Waals surface area contributed by atoms with E-state index in [1.54, 1.807) is 12.1 Å². The normalized spacial score (nSPS) is 10.3. The van der Waals surface area contributed by atoms with Gasteiger partial charge in [-0.05, 0) is 35.4 Å². The second-order valence-corrected chi connectivity index (χ2v) is 5.36. The van der Waals surface area contributed by atoms with Crippen molar-refractivity contribution in [1.29, 1.82) is 0 Å². The third-order valence-electron chi connectivity index (χ3n) is 3.53. The minimum absolute atomic E-state index is 0.173. The summed E-state index contributed by atoms with van der Waals surface area (Å²) in [6.45, 7) is -0.232. The Morgan fingerprint density at radius 1 is 0.840 bits per heavy atom. The third-order valence-corrected chi connectivity index (χ3v) is 3.53. The highest BCUT2D eigenvalue weighted by Crippen LogP contribution is 2.22. The van der Waals surface area contributed by atoms with E-state index < -0.39 is 17.5 Å². The summed E-state index contributed by atoms with van der Waals surface area (Å²) in [6.07, 6.45) is 0. The first-order valence-corrected chi connectivity index (χ1v) is 7.65. The van der Waals surface area contributed by atoms with Crippen LogP contribution in [0.5, 0.6) is 5.75 Å². The zero-order chi connectivity index (χ0) is 17.6. The van der Waals surface area contributed by atoms with E-state index in [1.165, 1.54) is 6.07 Å². The van der Waals surface area contributed by atoms with Gasteiger partial charge in [0.1, 0.15) is 5.75 Å². The maximum atomic E-state index is 13.1. The molecular formula is C20H15F2NO2. The standard InChI is InChI=1S/C20H15F2NO2/c21-18-11-8-16(12-19(18)22)23-20(24)13-25-17-9-6-15(7-10-17)14-4-2-1-3-5-14/h1-12H,13H2,(H,23,24). The molecule has 0 heterocycles. The van der Waals surface area contributed by atoms with E-state index in [0.717, 1.165) is 23.3 Å². The number of anilines is 1. The van der Waals surface area contributed by atoms with Gasteiger partial charge in [-0.25, -0.2) is 8.78 Å². The van der Waals surface area contributed by atoms with Gasteiger partial charge in [0.15, 0.2) is 18.2 Å². The van der Waals surface area contributed by atoms with Gasteiger partial charge in [-0.3, -0.25) is 4.79 Å². The summed E-state index contributed by atoms with van der Waals surface area (Å²) in [5, 5.41) is 2.45. The Labute approximate surface area is 143 Å². The highest BCUT2D eigenvalue weighted by atomic mass is 19.2. The molecule has 0 aromatic heterocycles. The Kier molecular flexibility index (Phi) is 5.04. The van der Waals surface area contributed by atoms with E-state index in [-0.39, 0.29) is 12.3 Å². The quantitative estimate of drug-likeness (QED) is 0.735. The van der Waals surface area contributed by atoms with E-state index in [4.69, 9.17) is 4.74 Å². The highest BCUT2D eigenvalue weighted by Gasteiger charge is 2.07. The lowest BCUT2D eigenvalue weighted by molar-refractivity contribution is -0.118. The van der Waals surface area contributed by atoms with Crippen molar-refractivity contribution in [2.45, 2.75) is 0 Å². The average molecular weight is 339 g/mol. The molecule has 0 fully saturated rings. The first-order valence-electron chi connectivity index (χ1n) is 7.65. The summed E-state index contributed by atoms with van der Waals surface area (Å²) in [6, 6.07) is 20.4. The molecule has 0 aliphatic carbocycles. The molecule has 3 aromatic rings. The van der Waals surface area contributed by atoms with Crippen molar-refractivity contribution >= 4 is 11.6 Å². The second-order valence-electron chi connectivity index (χ2n) is 5.36. The number of rotatable bonds is 5. The SMILES string of the molecule is O=C(COc1ccc(-c2ccccc2)cc1)Nc1ccc(F)c(F)c1. The summed E-state index contributed by atoms with van der Waals surface area (Å²) in [7, 11) is 0. The fraction of sp³-hybridized carbons (Fsp3) is 0.0500. The maximum Gasteiger partial charge on any atom is 0.262 e. The van der Waals surface area contributed by atoms with Crippen LogP contribution < -0.4 is 10.1 Å². The van der Waals surface area contributed by atoms with E-state index in [9.17, 15) is 13.6 Å². The predicted octanol–water partition coefficient (Wildman–Crippen LogP) is 4.65. The van der Waals surface area contributed by atoms with Gasteiger partial charge >= 0.3 is 0 Å². The van der Waals surface area contributed by atoms with Crippen LogP contribution in [-0.4, -0.2) is 12.5 Å². The highest BCUT2D eigenvalue weighted by molar-refractivity contribution is 5.91. The number of carbonyl (C=O) groups excluding carboxylic acids is 1. The fourth-order valence-corrected chi connectivity index (χ4v) is 2.29. The van der Waals surface area contributed by atoms with Crippen molar-refractivity contribution in [2.75, 3.05) is 11.9 Å². The van der Waals surface area contributed by atoms with Gasteiger partial charge in [-0.1, -0.05) is 42.5 Å². The summed E-state index contributed by atoms with van der Waals surface area (Å²) >= 11 is 0. The van der Waals surface area contributed by atoms with Crippen molar-refractivity contribution < 1.29 is 18.3 Å². The minimum Gasteiger partial charge on any atom is -0.484 e. The summed E-state index contributed by atoms with van der Waals surface area (Å²) in [5.74, 6) is -1.90. The molecule has 0 radical (unpaired) electrons. The molecule has 126 valence electrons. The lowest BCUT2D eigenvalue weighted by Gasteiger charge is -2.08. The Balaban J connectivity index is 1.56. The molecule has 0 aliphatic heterocycles. The molecule has 1 N–H and O–H groups in total. The Morgan fingerprint density at radius 3 is 2.20 bits per heavy atom. The lowest BCUT2D eigenvalue weighted by Crippen LogP contribution is -2.20. The van der Waals surface area contributed by atoms with Gasteiger partial charge in [0.25, 0.3) is 5.91 Å². The number of carbonyl (C=O) groups is 1. The third kappa shape index (κ3) is 4.41. The molecule has 3 aromatic carbocycles. The summed E-state index contributed by atoms with van der Waals surface area (Å²) in [5.41, 5.74) is 2.30. The molecule has 3 rings (SSSR count). The zero-order valence-corrected chi connectivity index (χ0v) is 13.2. The molecule has 0 spiro atoms. The van der Waals surface area contributed by atoms with Crippen LogP contribution in [0.25, 0.3) is 11.1 Å². The lowest BCUT2D eigenvalue weighted by atomic mass is 10.1. The van der Waals surface area contributed by atoms with Gasteiger partial charge in [-0.2, -0.15) is 0 Å². The number of hydrogen-bond donors (Lipinski definition) is 1.